The van der Waals surface area contributed by atoms with Gasteiger partial charge in [0.05, 0.1) is 0 Å². The van der Waals surface area contributed by atoms with E-state index in [9.17, 15) is 9.59 Å². The Bertz CT molecular complexity index is 824. The van der Waals surface area contributed by atoms with E-state index in [1.54, 1.807) is 54.6 Å². The summed E-state index contributed by atoms with van der Waals surface area (Å²) in [5.74, 6) is -0.463. The number of benzene rings is 2. The number of thiocarbonyl (C=S) groups is 1. The Morgan fingerprint density at radius 1 is 0.926 bits per heavy atom. The van der Waals surface area contributed by atoms with Crippen LogP contribution in [0.2, 0.25) is 0 Å². The molecule has 0 heterocycles. The van der Waals surface area contributed by atoms with Gasteiger partial charge in [-0.3, -0.25) is 9.59 Å². The molecule has 2 aromatic carbocycles. The van der Waals surface area contributed by atoms with Crippen molar-refractivity contribution in [3.05, 3.63) is 65.7 Å². The maximum atomic E-state index is 12.3. The molecular formula is C18H16Cl3N3O2S. The molecule has 3 N–H and O–H groups in total. The Balaban J connectivity index is 2.03. The summed E-state index contributed by atoms with van der Waals surface area (Å²) >= 11 is 23.1. The standard InChI is InChI=1S/C18H16Cl3N3O2S/c1-11(25)12-7-9-14(10-8-12)22-17(27)24-16(18(19,20)21)23-15(26)13-5-3-2-4-6-13/h2-10,16H,1H3,(H,23,26)(H2,22,24,27)/t16-/m0/s1. The number of hydrogen-bond donors (Lipinski definition) is 3. The van der Waals surface area contributed by atoms with Gasteiger partial charge >= 0.3 is 0 Å². The Hall–Kier alpha value is -1.86. The Morgan fingerprint density at radius 3 is 2.04 bits per heavy atom. The van der Waals surface area contributed by atoms with Crippen LogP contribution in [0.4, 0.5) is 5.69 Å². The summed E-state index contributed by atoms with van der Waals surface area (Å²) in [6.07, 6.45) is -1.08. The zero-order valence-corrected chi connectivity index (χ0v) is 17.2. The second-order valence-corrected chi connectivity index (χ2v) is 8.32. The van der Waals surface area contributed by atoms with Crippen LogP contribution in [0, 0.1) is 0 Å². The minimum atomic E-state index is -1.85. The molecule has 2 aromatic rings. The lowest BCUT2D eigenvalue weighted by molar-refractivity contribution is 0.0933. The highest BCUT2D eigenvalue weighted by Crippen LogP contribution is 2.29. The van der Waals surface area contributed by atoms with E-state index in [-0.39, 0.29) is 10.9 Å². The highest BCUT2D eigenvalue weighted by molar-refractivity contribution is 7.80. The smallest absolute Gasteiger partial charge is 0.252 e. The van der Waals surface area contributed by atoms with Crippen LogP contribution in [0.15, 0.2) is 54.6 Å². The first kappa shape index (κ1) is 21.4. The molecule has 1 amide bonds. The fourth-order valence-corrected chi connectivity index (χ4v) is 2.65. The third-order valence-electron chi connectivity index (χ3n) is 3.46. The molecule has 0 aliphatic heterocycles. The Labute approximate surface area is 177 Å². The lowest BCUT2D eigenvalue weighted by Crippen LogP contribution is -2.56. The molecular weight excluding hydrogens is 429 g/mol. The molecule has 2 rings (SSSR count). The maximum Gasteiger partial charge on any atom is 0.252 e. The molecule has 1 atom stereocenters. The molecule has 0 fully saturated rings. The predicted molar refractivity (Wildman–Crippen MR) is 114 cm³/mol. The number of halogens is 3. The molecule has 142 valence electrons. The number of anilines is 1. The van der Waals surface area contributed by atoms with E-state index >= 15 is 0 Å². The van der Waals surface area contributed by atoms with Crippen LogP contribution in [0.3, 0.4) is 0 Å². The summed E-state index contributed by atoms with van der Waals surface area (Å²) in [7, 11) is 0. The van der Waals surface area contributed by atoms with Gasteiger partial charge in [0, 0.05) is 16.8 Å². The van der Waals surface area contributed by atoms with Crippen LogP contribution < -0.4 is 16.0 Å². The van der Waals surface area contributed by atoms with Crippen LogP contribution in [0.5, 0.6) is 0 Å². The number of alkyl halides is 3. The van der Waals surface area contributed by atoms with Crippen molar-refractivity contribution in [2.45, 2.75) is 16.9 Å². The normalized spacial score (nSPS) is 12.0. The quantitative estimate of drug-likeness (QED) is 0.278. The van der Waals surface area contributed by atoms with E-state index in [0.717, 1.165) is 0 Å². The lowest BCUT2D eigenvalue weighted by Gasteiger charge is -2.27. The van der Waals surface area contributed by atoms with Crippen molar-refractivity contribution in [2.75, 3.05) is 5.32 Å². The number of Topliss-reactive ketones (excluding diaryl/α,β-unsaturated/α-hetero) is 1. The van der Waals surface area contributed by atoms with Crippen molar-refractivity contribution in [1.82, 2.24) is 10.6 Å². The molecule has 0 aliphatic rings. The predicted octanol–water partition coefficient (Wildman–Crippen LogP) is 4.30. The van der Waals surface area contributed by atoms with Gasteiger partial charge in [0.15, 0.2) is 10.9 Å². The maximum absolute atomic E-state index is 12.3. The molecule has 5 nitrogen and oxygen atoms in total. The highest BCUT2D eigenvalue weighted by Gasteiger charge is 2.34. The topological polar surface area (TPSA) is 70.2 Å². The SMILES string of the molecule is CC(=O)c1ccc(NC(=S)N[C@H](NC(=O)c2ccccc2)C(Cl)(Cl)Cl)cc1. The fourth-order valence-electron chi connectivity index (χ4n) is 2.09. The van der Waals surface area contributed by atoms with Gasteiger partial charge in [-0.25, -0.2) is 0 Å². The number of hydrogen-bond acceptors (Lipinski definition) is 3. The molecule has 27 heavy (non-hydrogen) atoms. The summed E-state index contributed by atoms with van der Waals surface area (Å²) in [5, 5.41) is 8.40. The van der Waals surface area contributed by atoms with E-state index in [2.05, 4.69) is 16.0 Å². The minimum absolute atomic E-state index is 0.0397. The van der Waals surface area contributed by atoms with Crippen LogP contribution in [0.1, 0.15) is 27.6 Å². The van der Waals surface area contributed by atoms with Crippen LogP contribution in [-0.2, 0) is 0 Å². The van der Waals surface area contributed by atoms with Crippen LogP contribution >= 0.6 is 47.0 Å². The van der Waals surface area contributed by atoms with Gasteiger partial charge in [0.25, 0.3) is 5.91 Å². The van der Waals surface area contributed by atoms with Crippen LogP contribution in [0.25, 0.3) is 0 Å². The van der Waals surface area contributed by atoms with Crippen molar-refractivity contribution in [3.63, 3.8) is 0 Å². The largest absolute Gasteiger partial charge is 0.339 e. The Kier molecular flexibility index (Phi) is 7.44. The molecule has 0 spiro atoms. The second-order valence-electron chi connectivity index (χ2n) is 5.55. The minimum Gasteiger partial charge on any atom is -0.339 e. The van der Waals surface area contributed by atoms with E-state index < -0.39 is 15.9 Å². The molecule has 0 unspecified atom stereocenters. The first-order chi connectivity index (χ1) is 12.7. The van der Waals surface area contributed by atoms with Crippen molar-refractivity contribution >= 4 is 69.5 Å². The third-order valence-corrected chi connectivity index (χ3v) is 4.34. The molecule has 0 aliphatic carbocycles. The molecule has 0 radical (unpaired) electrons. The van der Waals surface area contributed by atoms with Gasteiger partial charge in [-0.05, 0) is 55.5 Å². The summed E-state index contributed by atoms with van der Waals surface area (Å²) in [6.45, 7) is 1.48. The van der Waals surface area contributed by atoms with Crippen molar-refractivity contribution in [3.8, 4) is 0 Å². The van der Waals surface area contributed by atoms with E-state index in [0.29, 0.717) is 16.8 Å². The lowest BCUT2D eigenvalue weighted by atomic mass is 10.1. The summed E-state index contributed by atoms with van der Waals surface area (Å²) in [5.41, 5.74) is 1.63. The number of rotatable bonds is 5. The monoisotopic (exact) mass is 443 g/mol. The number of ketones is 1. The number of carbonyl (C=O) groups is 2. The van der Waals surface area contributed by atoms with Gasteiger partial charge in [-0.15, -0.1) is 0 Å². The molecule has 0 bridgehead atoms. The van der Waals surface area contributed by atoms with E-state index in [1.807, 2.05) is 0 Å². The first-order valence-electron chi connectivity index (χ1n) is 7.78. The number of nitrogens with one attached hydrogen (secondary N) is 3. The Morgan fingerprint density at radius 2 is 1.52 bits per heavy atom. The zero-order valence-electron chi connectivity index (χ0n) is 14.1. The zero-order chi connectivity index (χ0) is 20.0. The second kappa shape index (κ2) is 9.37. The van der Waals surface area contributed by atoms with Crippen molar-refractivity contribution in [2.24, 2.45) is 0 Å². The van der Waals surface area contributed by atoms with Gasteiger partial charge in [-0.2, -0.15) is 0 Å². The fraction of sp³-hybridized carbons (Fsp3) is 0.167. The molecule has 0 aromatic heterocycles. The molecule has 9 heteroatoms. The summed E-state index contributed by atoms with van der Waals surface area (Å²) < 4.78 is -1.85. The van der Waals surface area contributed by atoms with Gasteiger partial charge in [-0.1, -0.05) is 53.0 Å². The van der Waals surface area contributed by atoms with Gasteiger partial charge < -0.3 is 16.0 Å². The highest BCUT2D eigenvalue weighted by atomic mass is 35.6. The third kappa shape index (κ3) is 6.66. The molecule has 0 saturated heterocycles. The van der Waals surface area contributed by atoms with Crippen molar-refractivity contribution in [1.29, 1.82) is 0 Å². The average molecular weight is 445 g/mol. The van der Waals surface area contributed by atoms with E-state index in [1.165, 1.54) is 6.92 Å². The van der Waals surface area contributed by atoms with Crippen molar-refractivity contribution < 1.29 is 9.59 Å². The van der Waals surface area contributed by atoms with Crippen LogP contribution in [-0.4, -0.2) is 26.8 Å². The first-order valence-corrected chi connectivity index (χ1v) is 9.32. The molecule has 0 saturated carbocycles. The summed E-state index contributed by atoms with van der Waals surface area (Å²) in [6, 6.07) is 15.2. The average Bonchev–Trinajstić information content (AvgIpc) is 2.61. The number of carbonyl (C=O) groups excluding carboxylic acids is 2. The number of amides is 1. The van der Waals surface area contributed by atoms with E-state index in [4.69, 9.17) is 47.0 Å². The summed E-state index contributed by atoms with van der Waals surface area (Å²) in [4.78, 5) is 23.6. The van der Waals surface area contributed by atoms with Gasteiger partial charge in [0.1, 0.15) is 6.17 Å². The van der Waals surface area contributed by atoms with Gasteiger partial charge in [0.2, 0.25) is 3.79 Å².